The Labute approximate surface area is 123 Å². The topological polar surface area (TPSA) is 52.6 Å². The molecular formula is C16H30O4. The molecule has 0 bridgehead atoms. The van der Waals surface area contributed by atoms with Crippen molar-refractivity contribution >= 4 is 11.9 Å². The monoisotopic (exact) mass is 286 g/mol. The van der Waals surface area contributed by atoms with Crippen molar-refractivity contribution in [2.75, 3.05) is 13.2 Å². The van der Waals surface area contributed by atoms with Gasteiger partial charge in [0.2, 0.25) is 0 Å². The summed E-state index contributed by atoms with van der Waals surface area (Å²) in [6, 6.07) is 0. The molecule has 0 aromatic heterocycles. The molecule has 0 radical (unpaired) electrons. The second-order valence-electron chi connectivity index (χ2n) is 5.07. The lowest BCUT2D eigenvalue weighted by Crippen LogP contribution is -2.32. The number of esters is 2. The van der Waals surface area contributed by atoms with E-state index in [-0.39, 0.29) is 23.8 Å². The Hall–Kier alpha value is -1.06. The molecule has 0 spiro atoms. The van der Waals surface area contributed by atoms with Crippen molar-refractivity contribution in [1.82, 2.24) is 0 Å². The highest BCUT2D eigenvalue weighted by atomic mass is 16.5. The fourth-order valence-electron chi connectivity index (χ4n) is 2.08. The summed E-state index contributed by atoms with van der Waals surface area (Å²) in [6.07, 6.45) is 4.90. The third-order valence-electron chi connectivity index (χ3n) is 3.46. The fourth-order valence-corrected chi connectivity index (χ4v) is 2.08. The van der Waals surface area contributed by atoms with Gasteiger partial charge in [-0.1, -0.05) is 40.5 Å². The van der Waals surface area contributed by atoms with Crippen LogP contribution in [0.5, 0.6) is 0 Å². The molecule has 0 amide bonds. The van der Waals surface area contributed by atoms with Crippen LogP contribution < -0.4 is 0 Å². The Morgan fingerprint density at radius 1 is 0.750 bits per heavy atom. The van der Waals surface area contributed by atoms with E-state index in [0.29, 0.717) is 26.1 Å². The molecule has 2 unspecified atom stereocenters. The molecule has 2 atom stereocenters. The first-order chi connectivity index (χ1) is 9.62. The van der Waals surface area contributed by atoms with E-state index in [1.54, 1.807) is 0 Å². The van der Waals surface area contributed by atoms with E-state index in [2.05, 4.69) is 0 Å². The van der Waals surface area contributed by atoms with Gasteiger partial charge in [-0.05, 0) is 25.7 Å². The second-order valence-corrected chi connectivity index (χ2v) is 5.07. The summed E-state index contributed by atoms with van der Waals surface area (Å²) in [4.78, 5) is 24.1. The van der Waals surface area contributed by atoms with Crippen LogP contribution in [0.3, 0.4) is 0 Å². The van der Waals surface area contributed by atoms with E-state index >= 15 is 0 Å². The molecule has 0 aliphatic carbocycles. The van der Waals surface area contributed by atoms with Gasteiger partial charge in [-0.2, -0.15) is 0 Å². The fraction of sp³-hybridized carbons (Fsp3) is 0.875. The SMILES string of the molecule is CCCCOC(=O)C(CC)C(CC)C(=O)OCCCC. The molecule has 0 N–H and O–H groups in total. The zero-order chi connectivity index (χ0) is 15.4. The number of carbonyl (C=O) groups excluding carboxylic acids is 2. The van der Waals surface area contributed by atoms with Crippen molar-refractivity contribution in [1.29, 1.82) is 0 Å². The van der Waals surface area contributed by atoms with E-state index in [1.165, 1.54) is 0 Å². The summed E-state index contributed by atoms with van der Waals surface area (Å²) < 4.78 is 10.5. The summed E-state index contributed by atoms with van der Waals surface area (Å²) in [7, 11) is 0. The maximum Gasteiger partial charge on any atom is 0.309 e. The minimum atomic E-state index is -0.383. The minimum absolute atomic E-state index is 0.264. The molecule has 0 aliphatic heterocycles. The third-order valence-corrected chi connectivity index (χ3v) is 3.46. The van der Waals surface area contributed by atoms with Crippen molar-refractivity contribution in [3.8, 4) is 0 Å². The molecule has 0 saturated heterocycles. The highest BCUT2D eigenvalue weighted by Gasteiger charge is 2.33. The summed E-state index contributed by atoms with van der Waals surface area (Å²) >= 11 is 0. The molecule has 118 valence electrons. The van der Waals surface area contributed by atoms with Gasteiger partial charge in [-0.3, -0.25) is 9.59 Å². The summed E-state index contributed by atoms with van der Waals surface area (Å²) in [5.74, 6) is -1.29. The van der Waals surface area contributed by atoms with Gasteiger partial charge in [-0.15, -0.1) is 0 Å². The predicted octanol–water partition coefficient (Wildman–Crippen LogP) is 3.73. The van der Waals surface area contributed by atoms with Gasteiger partial charge in [0.25, 0.3) is 0 Å². The van der Waals surface area contributed by atoms with Crippen LogP contribution in [0.4, 0.5) is 0 Å². The van der Waals surface area contributed by atoms with Gasteiger partial charge in [-0.25, -0.2) is 0 Å². The van der Waals surface area contributed by atoms with Crippen molar-refractivity contribution in [2.24, 2.45) is 11.8 Å². The van der Waals surface area contributed by atoms with Gasteiger partial charge in [0, 0.05) is 0 Å². The third kappa shape index (κ3) is 6.92. The number of carbonyl (C=O) groups is 2. The van der Waals surface area contributed by atoms with Crippen molar-refractivity contribution in [3.05, 3.63) is 0 Å². The maximum atomic E-state index is 12.1. The van der Waals surface area contributed by atoms with E-state index in [4.69, 9.17) is 9.47 Å². The average molecular weight is 286 g/mol. The number of rotatable bonds is 11. The minimum Gasteiger partial charge on any atom is -0.465 e. The number of unbranched alkanes of at least 4 members (excludes halogenated alkanes) is 2. The van der Waals surface area contributed by atoms with Crippen LogP contribution >= 0.6 is 0 Å². The molecule has 0 fully saturated rings. The predicted molar refractivity (Wildman–Crippen MR) is 79.3 cm³/mol. The van der Waals surface area contributed by atoms with Crippen LogP contribution in [-0.4, -0.2) is 25.2 Å². The number of ether oxygens (including phenoxy) is 2. The molecule has 20 heavy (non-hydrogen) atoms. The molecule has 0 aromatic rings. The molecule has 4 heteroatoms. The van der Waals surface area contributed by atoms with Gasteiger partial charge in [0.05, 0.1) is 25.0 Å². The summed E-state index contributed by atoms with van der Waals surface area (Å²) in [5, 5.41) is 0. The second kappa shape index (κ2) is 11.7. The lowest BCUT2D eigenvalue weighted by molar-refractivity contribution is -0.161. The first kappa shape index (κ1) is 18.9. The number of hydrogen-bond donors (Lipinski definition) is 0. The van der Waals surface area contributed by atoms with Crippen molar-refractivity contribution in [2.45, 2.75) is 66.2 Å². The molecule has 0 rings (SSSR count). The normalized spacial score (nSPS) is 13.6. The Balaban J connectivity index is 4.46. The Kier molecular flexibility index (Phi) is 11.1. The molecule has 4 nitrogen and oxygen atoms in total. The van der Waals surface area contributed by atoms with E-state index in [0.717, 1.165) is 25.7 Å². The quantitative estimate of drug-likeness (QED) is 0.429. The van der Waals surface area contributed by atoms with E-state index < -0.39 is 0 Å². The lowest BCUT2D eigenvalue weighted by Gasteiger charge is -2.22. The van der Waals surface area contributed by atoms with E-state index in [1.807, 2.05) is 27.7 Å². The molecule has 0 aliphatic rings. The molecule has 0 heterocycles. The summed E-state index contributed by atoms with van der Waals surface area (Å²) in [5.41, 5.74) is 0. The Morgan fingerprint density at radius 2 is 1.10 bits per heavy atom. The van der Waals surface area contributed by atoms with Crippen LogP contribution in [-0.2, 0) is 19.1 Å². The smallest absolute Gasteiger partial charge is 0.309 e. The van der Waals surface area contributed by atoms with Crippen LogP contribution in [0, 0.1) is 11.8 Å². The lowest BCUT2D eigenvalue weighted by atomic mass is 9.88. The van der Waals surface area contributed by atoms with Gasteiger partial charge in [0.1, 0.15) is 0 Å². The van der Waals surface area contributed by atoms with Gasteiger partial charge >= 0.3 is 11.9 Å². The van der Waals surface area contributed by atoms with Crippen LogP contribution in [0.1, 0.15) is 66.2 Å². The average Bonchev–Trinajstić information content (AvgIpc) is 2.44. The van der Waals surface area contributed by atoms with E-state index in [9.17, 15) is 9.59 Å². The van der Waals surface area contributed by atoms with Crippen molar-refractivity contribution in [3.63, 3.8) is 0 Å². The first-order valence-corrected chi connectivity index (χ1v) is 7.95. The largest absolute Gasteiger partial charge is 0.465 e. The van der Waals surface area contributed by atoms with Gasteiger partial charge in [0.15, 0.2) is 0 Å². The highest BCUT2D eigenvalue weighted by Crippen LogP contribution is 2.23. The molecule has 0 aromatic carbocycles. The molecule has 0 saturated carbocycles. The highest BCUT2D eigenvalue weighted by molar-refractivity contribution is 5.82. The zero-order valence-corrected chi connectivity index (χ0v) is 13.4. The van der Waals surface area contributed by atoms with Crippen LogP contribution in [0.2, 0.25) is 0 Å². The maximum absolute atomic E-state index is 12.1. The van der Waals surface area contributed by atoms with Crippen LogP contribution in [0.15, 0.2) is 0 Å². The Bertz CT molecular complexity index is 248. The number of hydrogen-bond acceptors (Lipinski definition) is 4. The Morgan fingerprint density at radius 3 is 1.35 bits per heavy atom. The standard InChI is InChI=1S/C16H30O4/c1-5-9-11-19-15(17)13(7-3)14(8-4)16(18)20-12-10-6-2/h13-14H,5-12H2,1-4H3. The zero-order valence-electron chi connectivity index (χ0n) is 13.4. The van der Waals surface area contributed by atoms with Gasteiger partial charge < -0.3 is 9.47 Å². The molecular weight excluding hydrogens is 256 g/mol. The summed E-state index contributed by atoms with van der Waals surface area (Å²) in [6.45, 7) is 8.79. The van der Waals surface area contributed by atoms with Crippen LogP contribution in [0.25, 0.3) is 0 Å². The first-order valence-electron chi connectivity index (χ1n) is 7.95. The van der Waals surface area contributed by atoms with Crippen molar-refractivity contribution < 1.29 is 19.1 Å².